The predicted molar refractivity (Wildman–Crippen MR) is 543 cm³/mol. The molecule has 0 fully saturated rings. The average Bonchev–Trinajstić information content (AvgIpc) is 1.69. The van der Waals surface area contributed by atoms with Gasteiger partial charge in [-0.25, -0.2) is 37.9 Å². The minimum absolute atomic E-state index is 0.0101. The first-order chi connectivity index (χ1) is 64.1. The van der Waals surface area contributed by atoms with Crippen molar-refractivity contribution in [3.05, 3.63) is 274 Å². The molecule has 135 heavy (non-hydrogen) atoms. The van der Waals surface area contributed by atoms with E-state index in [0.717, 1.165) is 73.6 Å². The molecule has 0 radical (unpaired) electrons. The Kier molecular flexibility index (Phi) is 41.0. The van der Waals surface area contributed by atoms with Crippen molar-refractivity contribution >= 4 is 75.5 Å². The van der Waals surface area contributed by atoms with Crippen LogP contribution in [0.25, 0.3) is 0 Å². The van der Waals surface area contributed by atoms with E-state index >= 15 is 0 Å². The molecule has 7 heterocycles. The summed E-state index contributed by atoms with van der Waals surface area (Å²) in [7, 11) is -3.66. The van der Waals surface area contributed by atoms with Gasteiger partial charge in [0.1, 0.15) is 56.9 Å². The predicted octanol–water partition coefficient (Wildman–Crippen LogP) is 23.4. The zero-order valence-electron chi connectivity index (χ0n) is 83.6. The summed E-state index contributed by atoms with van der Waals surface area (Å²) in [6.45, 7) is 48.2. The molecule has 11 N–H and O–H groups in total. The number of hydrogen-bond acceptors (Lipinski definition) is 22. The Morgan fingerprint density at radius 1 is 0.437 bits per heavy atom. The van der Waals surface area contributed by atoms with Gasteiger partial charge in [-0.15, -0.1) is 0 Å². The van der Waals surface area contributed by atoms with Crippen LogP contribution in [0.15, 0.2) is 213 Å². The molecule has 5 aromatic heterocycles. The summed E-state index contributed by atoms with van der Waals surface area (Å²) in [6, 6.07) is 62.2. The number of esters is 4. The summed E-state index contributed by atoms with van der Waals surface area (Å²) in [5.41, 5.74) is 26.0. The summed E-state index contributed by atoms with van der Waals surface area (Å²) >= 11 is 0. The molecule has 28 nitrogen and oxygen atoms in total. The Morgan fingerprint density at radius 3 is 1.16 bits per heavy atom. The molecule has 0 saturated carbocycles. The highest BCUT2D eigenvalue weighted by Crippen LogP contribution is 2.44. The summed E-state index contributed by atoms with van der Waals surface area (Å²) in [4.78, 5) is 60.1. The number of nitrogens with zero attached hydrogens (tertiary/aromatic N) is 9. The van der Waals surface area contributed by atoms with Crippen LogP contribution in [0.2, 0.25) is 36.3 Å². The van der Waals surface area contributed by atoms with Crippen LogP contribution >= 0.6 is 0 Å². The van der Waals surface area contributed by atoms with Gasteiger partial charge in [-0.1, -0.05) is 237 Å². The third kappa shape index (κ3) is 31.0. The fourth-order valence-electron chi connectivity index (χ4n) is 15.1. The lowest BCUT2D eigenvalue weighted by Crippen LogP contribution is -2.41. The Labute approximate surface area is 802 Å². The number of fused-ring (bicyclic) bond motifs is 2. The van der Waals surface area contributed by atoms with Crippen LogP contribution in [-0.2, 0) is 33.3 Å². The van der Waals surface area contributed by atoms with Gasteiger partial charge in [-0.05, 0) is 209 Å². The molecule has 0 bridgehead atoms. The van der Waals surface area contributed by atoms with Crippen molar-refractivity contribution in [3.8, 4) is 0 Å². The number of aromatic amines is 1. The molecule has 0 saturated heterocycles. The number of aromatic nitrogens is 10. The van der Waals surface area contributed by atoms with Crippen molar-refractivity contribution in [1.29, 1.82) is 0 Å². The number of carbonyl (C=O) groups is 5. The highest BCUT2D eigenvalue weighted by Gasteiger charge is 2.42. The molecule has 2 aliphatic heterocycles. The second kappa shape index (κ2) is 51.1. The largest absolute Gasteiger partial charge is 0.462 e. The van der Waals surface area contributed by atoms with Crippen molar-refractivity contribution in [2.75, 3.05) is 54.3 Å². The van der Waals surface area contributed by atoms with Gasteiger partial charge in [0, 0.05) is 0 Å². The summed E-state index contributed by atoms with van der Waals surface area (Å²) in [6.07, 6.45) is 16.5. The van der Waals surface area contributed by atoms with E-state index in [-0.39, 0.29) is 87.4 Å². The quantitative estimate of drug-likeness (QED) is 0.0114. The van der Waals surface area contributed by atoms with Crippen LogP contribution in [-0.4, -0.2) is 127 Å². The highest BCUT2D eigenvalue weighted by molar-refractivity contribution is 6.74. The number of nitrogens with one attached hydrogen (secondary N) is 4. The third-order valence-electron chi connectivity index (χ3n) is 25.2. The van der Waals surface area contributed by atoms with Gasteiger partial charge in [0.25, 0.3) is 5.91 Å². The number of anilines is 5. The third-order valence-corrected chi connectivity index (χ3v) is 34.2. The number of aliphatic hydroxyl groups excluding tert-OH is 1. The van der Waals surface area contributed by atoms with E-state index in [2.05, 4.69) is 245 Å². The van der Waals surface area contributed by atoms with Crippen molar-refractivity contribution in [1.82, 2.24) is 54.6 Å². The molecule has 1 amide bonds. The number of nitrogen functional groups attached to an aromatic ring is 3. The smallest absolute Gasteiger partial charge is 0.343 e. The first kappa shape index (κ1) is 108. The molecule has 13 rings (SSSR count). The molecule has 6 aromatic carbocycles. The monoisotopic (exact) mass is 1880 g/mol. The topological polar surface area (TPSA) is 375 Å². The van der Waals surface area contributed by atoms with E-state index in [1.807, 2.05) is 128 Å². The van der Waals surface area contributed by atoms with E-state index in [1.54, 1.807) is 42.5 Å². The van der Waals surface area contributed by atoms with E-state index < -0.39 is 46.2 Å². The Hall–Kier alpha value is -12.0. The van der Waals surface area contributed by atoms with Gasteiger partial charge in [0.15, 0.2) is 16.6 Å². The maximum atomic E-state index is 13.2. The molecule has 0 spiro atoms. The Bertz CT molecular complexity index is 5420. The Morgan fingerprint density at radius 2 is 0.778 bits per heavy atom. The fourth-order valence-corrected chi connectivity index (χ4v) is 17.7. The van der Waals surface area contributed by atoms with Crippen LogP contribution in [0.4, 0.5) is 29.1 Å². The van der Waals surface area contributed by atoms with Gasteiger partial charge < -0.3 is 66.1 Å². The lowest BCUT2D eigenvalue weighted by atomic mass is 9.94. The SMILES string of the molecule is CC(C)CCC(O[Si](C)(C)C(C)(C)C)c1ccccc1.CC1CCC(c2ccccc2)Nc2c(C(=O)NC(C)(C)c3ccccc3)cnn21.CCOC(=O)c1cn[nH]c1N.CCOC(=O)c1cnn(C(C)CCC(O)c2ccccc2)c1N.CCOC(=O)c1cnn(C(C)CCC(O[Si](C)(C)C(C)(C)C)c2ccccc2)c1N.CCOC(=O)c1cnn2c1NC(c1ccccc1)CCC2C. The summed E-state index contributed by atoms with van der Waals surface area (Å²) in [5.74, 6) is 1.39. The highest BCUT2D eigenvalue weighted by atomic mass is 28.4. The molecule has 0 aliphatic carbocycles. The van der Waals surface area contributed by atoms with Crippen LogP contribution in [0.3, 0.4) is 0 Å². The zero-order chi connectivity index (χ0) is 99.0. The van der Waals surface area contributed by atoms with Crippen molar-refractivity contribution in [3.63, 3.8) is 0 Å². The molecular formula is C105H150N16O12Si2. The summed E-state index contributed by atoms with van der Waals surface area (Å²) in [5, 5.41) is 44.3. The zero-order valence-corrected chi connectivity index (χ0v) is 85.6. The van der Waals surface area contributed by atoms with E-state index in [4.69, 9.17) is 40.3 Å². The maximum Gasteiger partial charge on any atom is 0.343 e. The molecule has 30 heteroatoms. The number of amides is 1. The number of rotatable bonds is 31. The second-order valence-corrected chi connectivity index (χ2v) is 47.9. The van der Waals surface area contributed by atoms with Crippen LogP contribution in [0.5, 0.6) is 0 Å². The number of ether oxygens (including phenoxy) is 4. The van der Waals surface area contributed by atoms with Crippen molar-refractivity contribution < 1.29 is 56.9 Å². The van der Waals surface area contributed by atoms with Gasteiger partial charge in [-0.2, -0.15) is 25.5 Å². The number of H-pyrrole nitrogens is 1. The first-order valence-electron chi connectivity index (χ1n) is 47.5. The lowest BCUT2D eigenvalue weighted by Gasteiger charge is -2.39. The van der Waals surface area contributed by atoms with Gasteiger partial charge in [-0.3, -0.25) is 9.89 Å². The minimum Gasteiger partial charge on any atom is -0.462 e. The molecule has 9 unspecified atom stereocenters. The number of carbonyl (C=O) groups excluding carboxylic acids is 5. The molecule has 9 atom stereocenters. The standard InChI is InChI=1S/C24H28N4O.C23H37N3O3Si.C18H32OSi.C17H23N3O3.C17H21N3O2.C6H9N3O2/c1-17-14-15-21(18-10-6-4-7-11-18)26-22-20(16-25-28(17)22)23(29)27-24(2,3)19-12-8-5-9-13-19;1-8-28-22(27)19-16-25-26(21(19)24)17(2)14-15-20(18-12-10-9-11-13-18)29-30(6,7)23(3,4)5;1-15(2)13-14-17(16-11-9-8-10-12-16)19-20(6,7)18(3,4)5;1-3-23-17(22)14-11-19-20(16(14)18)12(2)9-10-15(21)13-7-5-4-6-8-13;1-3-22-17(21)14-11-18-20-12(2)9-10-15(19-16(14)20)13-7-5-4-6-8-13;1-2-11-6(10)4-3-8-9-5(4)7/h4-13,16-17,21,26H,14-15H2,1-3H3,(H,27,29);9-13,16-17,20H,8,14-15,24H2,1-7H3;8-12,15,17H,13-14H2,1-7H3;4-8,11-12,15,21H,3,9-10,18H2,1-2H3;4-8,11-12,15,19H,3,9-10H2,1-2H3;3H,2H2,1H3,(H3,7,8,9). The number of hydrogen-bond donors (Lipinski definition) is 8. The normalized spacial score (nSPS) is 15.9. The molecule has 11 aromatic rings. The van der Waals surface area contributed by atoms with Crippen LogP contribution < -0.4 is 33.2 Å². The van der Waals surface area contributed by atoms with Gasteiger partial charge >= 0.3 is 23.9 Å². The number of nitrogens with two attached hydrogens (primary N) is 3. The van der Waals surface area contributed by atoms with Gasteiger partial charge in [0.2, 0.25) is 0 Å². The Balaban J connectivity index is 0.000000203. The van der Waals surface area contributed by atoms with E-state index in [1.165, 1.54) is 47.3 Å². The van der Waals surface area contributed by atoms with Crippen LogP contribution in [0.1, 0.15) is 329 Å². The maximum absolute atomic E-state index is 13.2. The van der Waals surface area contributed by atoms with Crippen molar-refractivity contribution in [2.24, 2.45) is 5.92 Å². The molecule has 730 valence electrons. The number of benzene rings is 6. The van der Waals surface area contributed by atoms with E-state index in [9.17, 15) is 29.1 Å². The second-order valence-electron chi connectivity index (χ2n) is 38.4. The number of aliphatic hydroxyl groups is 1. The first-order valence-corrected chi connectivity index (χ1v) is 53.4. The minimum atomic E-state index is -1.94. The molecular weight excluding hydrogens is 1730 g/mol. The van der Waals surface area contributed by atoms with Gasteiger partial charge in [0.05, 0.1) is 118 Å². The molecule has 2 aliphatic rings. The lowest BCUT2D eigenvalue weighted by molar-refractivity contribution is 0.0517. The fraction of sp³-hybridized carbons (Fsp3) is 0.467. The summed E-state index contributed by atoms with van der Waals surface area (Å²) < 4.78 is 40.4. The van der Waals surface area contributed by atoms with Crippen LogP contribution in [0, 0.1) is 5.92 Å². The van der Waals surface area contributed by atoms with E-state index in [0.29, 0.717) is 67.6 Å². The van der Waals surface area contributed by atoms with Crippen molar-refractivity contribution in [2.45, 2.75) is 285 Å². The average molecular weight is 1880 g/mol.